The number of rotatable bonds is 1. The molecule has 1 aromatic carbocycles. The molecule has 0 N–H and O–H groups in total. The van der Waals surface area contributed by atoms with E-state index in [-0.39, 0.29) is 10.8 Å². The maximum Gasteiger partial charge on any atom is 0.177 e. The molecule has 16 heavy (non-hydrogen) atoms. The third kappa shape index (κ3) is 2.13. The summed E-state index contributed by atoms with van der Waals surface area (Å²) in [7, 11) is 0. The molecule has 1 heterocycles. The van der Waals surface area contributed by atoms with Crippen LogP contribution in [0.1, 0.15) is 5.69 Å². The highest BCUT2D eigenvalue weighted by molar-refractivity contribution is 6.31. The largest absolute Gasteiger partial charge is 0.240 e. The van der Waals surface area contributed by atoms with Crippen LogP contribution in [0.5, 0.6) is 0 Å². The Morgan fingerprint density at radius 1 is 1.12 bits per heavy atom. The van der Waals surface area contributed by atoms with Gasteiger partial charge in [0.25, 0.3) is 0 Å². The molecule has 0 aliphatic rings. The third-order valence-corrected chi connectivity index (χ3v) is 2.49. The number of halogens is 2. The van der Waals surface area contributed by atoms with Crippen molar-refractivity contribution >= 4 is 23.2 Å². The Bertz CT molecular complexity index is 558. The lowest BCUT2D eigenvalue weighted by atomic mass is 10.2. The van der Waals surface area contributed by atoms with Gasteiger partial charge < -0.3 is 0 Å². The van der Waals surface area contributed by atoms with E-state index in [2.05, 4.69) is 9.97 Å². The Balaban J connectivity index is 2.46. The molecule has 1 aromatic heterocycles. The molecule has 0 radical (unpaired) electrons. The van der Waals surface area contributed by atoms with Crippen LogP contribution in [-0.4, -0.2) is 9.97 Å². The molecule has 5 heteroatoms. The molecule has 0 atom stereocenters. The minimum Gasteiger partial charge on any atom is -0.240 e. The zero-order valence-corrected chi connectivity index (χ0v) is 9.50. The van der Waals surface area contributed by atoms with Gasteiger partial charge in [-0.15, -0.1) is 0 Å². The van der Waals surface area contributed by atoms with Crippen LogP contribution in [0.15, 0.2) is 30.5 Å². The molecule has 2 rings (SSSR count). The fourth-order valence-electron chi connectivity index (χ4n) is 1.20. The Morgan fingerprint density at radius 2 is 1.81 bits per heavy atom. The van der Waals surface area contributed by atoms with Crippen molar-refractivity contribution < 1.29 is 0 Å². The van der Waals surface area contributed by atoms with Gasteiger partial charge in [0.15, 0.2) is 10.8 Å². The Hall–Kier alpha value is -1.63. The Morgan fingerprint density at radius 3 is 2.38 bits per heavy atom. The summed E-state index contributed by atoms with van der Waals surface area (Å²) in [5, 5.41) is 9.42. The van der Waals surface area contributed by atoms with E-state index in [1.807, 2.05) is 18.2 Å². The number of benzene rings is 1. The quantitative estimate of drug-likeness (QED) is 0.779. The highest BCUT2D eigenvalue weighted by Crippen LogP contribution is 2.21. The maximum absolute atomic E-state index is 8.66. The summed E-state index contributed by atoms with van der Waals surface area (Å²) in [6.07, 6.45) is 1.51. The van der Waals surface area contributed by atoms with Crippen LogP contribution in [0.2, 0.25) is 10.2 Å². The van der Waals surface area contributed by atoms with Crippen LogP contribution >= 0.6 is 23.2 Å². The summed E-state index contributed by atoms with van der Waals surface area (Å²) in [6, 6.07) is 8.99. The molecule has 0 amide bonds. The van der Waals surface area contributed by atoms with Crippen molar-refractivity contribution in [1.82, 2.24) is 9.97 Å². The molecule has 0 spiro atoms. The van der Waals surface area contributed by atoms with Crippen molar-refractivity contribution in [3.8, 4) is 17.3 Å². The van der Waals surface area contributed by atoms with E-state index in [1.54, 1.807) is 12.1 Å². The lowest BCUT2D eigenvalue weighted by molar-refractivity contribution is 1.17. The molecule has 78 valence electrons. The molecule has 3 nitrogen and oxygen atoms in total. The topological polar surface area (TPSA) is 49.6 Å². The average molecular weight is 250 g/mol. The summed E-state index contributed by atoms with van der Waals surface area (Å²) in [4.78, 5) is 7.99. The number of aromatic nitrogens is 2. The van der Waals surface area contributed by atoms with Crippen molar-refractivity contribution in [1.29, 1.82) is 5.26 Å². The number of hydrogen-bond acceptors (Lipinski definition) is 3. The lowest BCUT2D eigenvalue weighted by Gasteiger charge is -2.01. The molecule has 0 saturated heterocycles. The first-order chi connectivity index (χ1) is 7.70. The van der Waals surface area contributed by atoms with Gasteiger partial charge in [-0.3, -0.25) is 0 Å². The molecular weight excluding hydrogens is 245 g/mol. The molecule has 0 unspecified atom stereocenters. The van der Waals surface area contributed by atoms with Gasteiger partial charge in [-0.1, -0.05) is 35.3 Å². The van der Waals surface area contributed by atoms with Crippen molar-refractivity contribution in [2.45, 2.75) is 0 Å². The smallest absolute Gasteiger partial charge is 0.177 e. The normalized spacial score (nSPS) is 9.81. The first-order valence-electron chi connectivity index (χ1n) is 4.39. The van der Waals surface area contributed by atoms with E-state index < -0.39 is 0 Å². The fraction of sp³-hybridized carbons (Fsp3) is 0. The summed E-state index contributed by atoms with van der Waals surface area (Å²) in [5.74, 6) is 0. The SMILES string of the molecule is N#Cc1ncc(-c2ccc(Cl)cc2)nc1Cl. The van der Waals surface area contributed by atoms with Crippen LogP contribution in [-0.2, 0) is 0 Å². The standard InChI is InChI=1S/C11H5Cl2N3/c12-8-3-1-7(2-4-8)10-6-15-9(5-14)11(13)16-10/h1-4,6H. The van der Waals surface area contributed by atoms with Gasteiger partial charge in [0.1, 0.15) is 6.07 Å². The van der Waals surface area contributed by atoms with E-state index in [0.29, 0.717) is 10.7 Å². The van der Waals surface area contributed by atoms with Gasteiger partial charge in [0.05, 0.1) is 11.9 Å². The van der Waals surface area contributed by atoms with E-state index in [9.17, 15) is 0 Å². The van der Waals surface area contributed by atoms with Gasteiger partial charge in [-0.05, 0) is 12.1 Å². The van der Waals surface area contributed by atoms with Gasteiger partial charge in [0.2, 0.25) is 0 Å². The Labute approximate surface area is 102 Å². The fourth-order valence-corrected chi connectivity index (χ4v) is 1.51. The third-order valence-electron chi connectivity index (χ3n) is 1.98. The second-order valence-electron chi connectivity index (χ2n) is 3.01. The number of hydrogen-bond donors (Lipinski definition) is 0. The highest BCUT2D eigenvalue weighted by atomic mass is 35.5. The summed E-state index contributed by atoms with van der Waals surface area (Å²) < 4.78 is 0. The van der Waals surface area contributed by atoms with Crippen molar-refractivity contribution in [2.24, 2.45) is 0 Å². The second kappa shape index (κ2) is 4.48. The Kier molecular flexibility index (Phi) is 3.04. The molecular formula is C11H5Cl2N3. The summed E-state index contributed by atoms with van der Waals surface area (Å²) in [5.41, 5.74) is 1.59. The van der Waals surface area contributed by atoms with E-state index >= 15 is 0 Å². The van der Waals surface area contributed by atoms with Gasteiger partial charge in [0, 0.05) is 10.6 Å². The van der Waals surface area contributed by atoms with Crippen molar-refractivity contribution in [3.05, 3.63) is 46.3 Å². The van der Waals surface area contributed by atoms with Crippen molar-refractivity contribution in [3.63, 3.8) is 0 Å². The van der Waals surface area contributed by atoms with E-state index in [4.69, 9.17) is 28.5 Å². The summed E-state index contributed by atoms with van der Waals surface area (Å²) >= 11 is 11.6. The minimum atomic E-state index is 0.106. The zero-order chi connectivity index (χ0) is 11.5. The van der Waals surface area contributed by atoms with Crippen LogP contribution < -0.4 is 0 Å². The van der Waals surface area contributed by atoms with Gasteiger partial charge >= 0.3 is 0 Å². The van der Waals surface area contributed by atoms with E-state index in [0.717, 1.165) is 5.56 Å². The number of nitriles is 1. The molecule has 0 aliphatic heterocycles. The van der Waals surface area contributed by atoms with Crippen molar-refractivity contribution in [2.75, 3.05) is 0 Å². The van der Waals surface area contributed by atoms with Gasteiger partial charge in [-0.25, -0.2) is 9.97 Å². The first-order valence-corrected chi connectivity index (χ1v) is 5.15. The predicted molar refractivity (Wildman–Crippen MR) is 62.2 cm³/mol. The summed E-state index contributed by atoms with van der Waals surface area (Å²) in [6.45, 7) is 0. The second-order valence-corrected chi connectivity index (χ2v) is 3.81. The van der Waals surface area contributed by atoms with Crippen LogP contribution in [0, 0.1) is 11.3 Å². The maximum atomic E-state index is 8.66. The lowest BCUT2D eigenvalue weighted by Crippen LogP contribution is -1.91. The average Bonchev–Trinajstić information content (AvgIpc) is 2.30. The minimum absolute atomic E-state index is 0.106. The predicted octanol–water partition coefficient (Wildman–Crippen LogP) is 3.32. The molecule has 0 bridgehead atoms. The monoisotopic (exact) mass is 249 g/mol. The number of nitrogens with zero attached hydrogens (tertiary/aromatic N) is 3. The molecule has 0 saturated carbocycles. The first kappa shape index (κ1) is 10.9. The van der Waals surface area contributed by atoms with Gasteiger partial charge in [-0.2, -0.15) is 5.26 Å². The molecule has 0 aliphatic carbocycles. The van der Waals surface area contributed by atoms with Crippen LogP contribution in [0.4, 0.5) is 0 Å². The van der Waals surface area contributed by atoms with Crippen LogP contribution in [0.3, 0.4) is 0 Å². The van der Waals surface area contributed by atoms with Crippen LogP contribution in [0.25, 0.3) is 11.3 Å². The highest BCUT2D eigenvalue weighted by Gasteiger charge is 2.05. The van der Waals surface area contributed by atoms with E-state index in [1.165, 1.54) is 6.20 Å². The zero-order valence-electron chi connectivity index (χ0n) is 7.98. The molecule has 0 fully saturated rings. The molecule has 2 aromatic rings.